The molecule has 0 radical (unpaired) electrons. The average molecular weight is 134 g/mol. The molecular formula is C3H9Y-2. The van der Waals surface area contributed by atoms with Crippen LogP contribution in [-0.2, 0) is 27.4 Å². The molecule has 4 heavy (non-hydrogen) atoms. The van der Waals surface area contributed by atoms with Gasteiger partial charge < -0.3 is 0 Å². The third kappa shape index (κ3) is 11.3. The summed E-state index contributed by atoms with van der Waals surface area (Å²) in [4.78, 5) is 0. The van der Waals surface area contributed by atoms with Gasteiger partial charge in [-0.1, -0.05) is 0 Å². The molecule has 0 spiro atoms. The molecule has 0 aromatic rings. The second-order valence-corrected chi connectivity index (χ2v) is 10.2. The van der Waals surface area contributed by atoms with E-state index in [2.05, 4.69) is 11.2 Å². The van der Waals surface area contributed by atoms with E-state index in [0.717, 1.165) is 0 Å². The summed E-state index contributed by atoms with van der Waals surface area (Å²) in [5.41, 5.74) is 0. The number of rotatable bonds is 0. The van der Waals surface area contributed by atoms with E-state index < -0.39 is 27.4 Å². The fourth-order valence-corrected chi connectivity index (χ4v) is 0. The fourth-order valence-electron chi connectivity index (χ4n) is 0. The van der Waals surface area contributed by atoms with Crippen molar-refractivity contribution in [1.29, 1.82) is 0 Å². The van der Waals surface area contributed by atoms with Crippen molar-refractivity contribution in [3.8, 4) is 0 Å². The van der Waals surface area contributed by atoms with E-state index in [1.807, 2.05) is 0 Å². The van der Waals surface area contributed by atoms with Gasteiger partial charge in [-0.3, -0.25) is 0 Å². The molecule has 0 atom stereocenters. The summed E-state index contributed by atoms with van der Waals surface area (Å²) < 4.78 is 7.13. The topological polar surface area (TPSA) is 0 Å². The second kappa shape index (κ2) is 2.35. The van der Waals surface area contributed by atoms with Gasteiger partial charge in [-0.05, 0) is 0 Å². The first-order chi connectivity index (χ1) is 1.73. The van der Waals surface area contributed by atoms with Crippen molar-refractivity contribution in [1.82, 2.24) is 0 Å². The van der Waals surface area contributed by atoms with E-state index in [0.29, 0.717) is 0 Å². The third-order valence-corrected chi connectivity index (χ3v) is 0. The molecule has 0 amide bonds. The molecule has 0 aromatic heterocycles. The molecule has 1 heteroatoms. The molecule has 0 saturated carbocycles. The Bertz CT molecular complexity index is 8.00. The van der Waals surface area contributed by atoms with Crippen LogP contribution < -0.4 is 0 Å². The van der Waals surface area contributed by atoms with Crippen LogP contribution in [0.3, 0.4) is 0 Å². The molecule has 0 aliphatic rings. The predicted octanol–water partition coefficient (Wildman–Crippen LogP) is 1.75. The maximum absolute atomic E-state index is 2.38. The Morgan fingerprint density at radius 3 is 1.00 bits per heavy atom. The minimum atomic E-state index is -0.637. The van der Waals surface area contributed by atoms with E-state index in [-0.39, 0.29) is 0 Å². The molecule has 0 unspecified atom stereocenters. The van der Waals surface area contributed by atoms with Crippen LogP contribution in [0.4, 0.5) is 0 Å². The molecule has 0 aromatic carbocycles. The van der Waals surface area contributed by atoms with Crippen molar-refractivity contribution < 1.29 is 27.4 Å². The van der Waals surface area contributed by atoms with E-state index in [9.17, 15) is 0 Å². The molecule has 0 rings (SSSR count). The van der Waals surface area contributed by atoms with Gasteiger partial charge in [0, 0.05) is 0 Å². The Hall–Kier alpha value is 1.10. The molecule has 0 fully saturated rings. The van der Waals surface area contributed by atoms with Crippen molar-refractivity contribution in [2.75, 3.05) is 0 Å². The normalized spacial score (nSPS) is 9.00. The Kier molecular flexibility index (Phi) is 3.00. The van der Waals surface area contributed by atoms with Crippen molar-refractivity contribution in [2.24, 2.45) is 0 Å². The standard InChI is InChI=1S/3CH3.Y/h3*1H3;/q;;;-2. The number of hydrogen-bond acceptors (Lipinski definition) is 0. The first-order valence-corrected chi connectivity index (χ1v) is 10.2. The zero-order valence-electron chi connectivity index (χ0n) is 3.58. The van der Waals surface area contributed by atoms with Gasteiger partial charge in [0.15, 0.2) is 0 Å². The van der Waals surface area contributed by atoms with E-state index in [1.165, 1.54) is 0 Å². The third-order valence-electron chi connectivity index (χ3n) is 0. The van der Waals surface area contributed by atoms with Crippen molar-refractivity contribution in [3.05, 3.63) is 0 Å². The molecule has 0 bridgehead atoms. The Morgan fingerprint density at radius 1 is 1.00 bits per heavy atom. The van der Waals surface area contributed by atoms with Crippen LogP contribution in [-0.4, -0.2) is 0 Å². The van der Waals surface area contributed by atoms with Crippen LogP contribution in [0, 0.1) is 0 Å². The summed E-state index contributed by atoms with van der Waals surface area (Å²) in [5, 5.41) is 0. The predicted molar refractivity (Wildman–Crippen MR) is 17.6 cm³/mol. The maximum atomic E-state index is 2.38. The van der Waals surface area contributed by atoms with E-state index >= 15 is 0 Å². The molecule has 0 aliphatic carbocycles. The quantitative estimate of drug-likeness (QED) is 0.473. The molecule has 0 N–H and O–H groups in total. The van der Waals surface area contributed by atoms with Crippen LogP contribution in [0.1, 0.15) is 0 Å². The van der Waals surface area contributed by atoms with Gasteiger partial charge in [0.2, 0.25) is 0 Å². The Balaban J connectivity index is 2.32. The molecular weight excluding hydrogens is 125 g/mol. The van der Waals surface area contributed by atoms with Gasteiger partial charge in [0.1, 0.15) is 0 Å². The van der Waals surface area contributed by atoms with Crippen LogP contribution in [0.2, 0.25) is 11.2 Å². The molecule has 0 heterocycles. The van der Waals surface area contributed by atoms with Crippen LogP contribution in [0.5, 0.6) is 0 Å². The Labute approximate surface area is 38.5 Å². The van der Waals surface area contributed by atoms with Crippen LogP contribution in [0.15, 0.2) is 0 Å². The van der Waals surface area contributed by atoms with Gasteiger partial charge in [0.25, 0.3) is 0 Å². The van der Waals surface area contributed by atoms with Crippen LogP contribution >= 0.6 is 0 Å². The van der Waals surface area contributed by atoms with E-state index in [1.54, 1.807) is 0 Å². The second-order valence-electron chi connectivity index (χ2n) is 1.73. The Morgan fingerprint density at radius 2 is 1.00 bits per heavy atom. The minimum absolute atomic E-state index is 0.637. The molecule has 26 valence electrons. The molecule has 0 aliphatic heterocycles. The first kappa shape index (κ1) is 5.10. The zero-order valence-corrected chi connectivity index (χ0v) is 6.42. The zero-order chi connectivity index (χ0) is 3.58. The number of hydrogen-bond donors (Lipinski definition) is 0. The monoisotopic (exact) mass is 134 g/mol. The molecule has 0 nitrogen and oxygen atoms in total. The summed E-state index contributed by atoms with van der Waals surface area (Å²) in [7, 11) is 0. The fraction of sp³-hybridized carbons (Fsp3) is 1.00. The van der Waals surface area contributed by atoms with Crippen molar-refractivity contribution in [3.63, 3.8) is 0 Å². The summed E-state index contributed by atoms with van der Waals surface area (Å²) in [6, 6.07) is 0. The van der Waals surface area contributed by atoms with Gasteiger partial charge in [-0.25, -0.2) is 0 Å². The summed E-state index contributed by atoms with van der Waals surface area (Å²) in [6.45, 7) is 0. The van der Waals surface area contributed by atoms with Gasteiger partial charge >= 0.3 is 38.6 Å². The molecule has 0 saturated heterocycles. The van der Waals surface area contributed by atoms with Crippen molar-refractivity contribution in [2.45, 2.75) is 11.2 Å². The van der Waals surface area contributed by atoms with Gasteiger partial charge in [-0.2, -0.15) is 0 Å². The van der Waals surface area contributed by atoms with Gasteiger partial charge in [-0.15, -0.1) is 0 Å². The first-order valence-electron chi connectivity index (χ1n) is 1.73. The summed E-state index contributed by atoms with van der Waals surface area (Å²) >= 11 is -0.637. The van der Waals surface area contributed by atoms with Gasteiger partial charge in [0.05, 0.1) is 0 Å². The summed E-state index contributed by atoms with van der Waals surface area (Å²) in [5.74, 6) is 0. The van der Waals surface area contributed by atoms with Crippen LogP contribution in [0.25, 0.3) is 0 Å². The average Bonchev–Trinajstić information content (AvgIpc) is 0.811. The van der Waals surface area contributed by atoms with E-state index in [4.69, 9.17) is 0 Å². The SMILES string of the molecule is [CH3][Y-2]([CH3])[CH3]. The van der Waals surface area contributed by atoms with Crippen molar-refractivity contribution >= 4 is 0 Å². The summed E-state index contributed by atoms with van der Waals surface area (Å²) in [6.07, 6.45) is 0.